The van der Waals surface area contributed by atoms with Crippen molar-refractivity contribution >= 4 is 18.0 Å². The number of carbonyl (C=O) groups excluding carboxylic acids is 3. The maximum absolute atomic E-state index is 11.9. The highest BCUT2D eigenvalue weighted by Gasteiger charge is 2.28. The highest BCUT2D eigenvalue weighted by molar-refractivity contribution is 5.83. The molecule has 0 aromatic rings. The molecule has 8 nitrogen and oxygen atoms in total. The van der Waals surface area contributed by atoms with Crippen LogP contribution >= 0.6 is 0 Å². The van der Waals surface area contributed by atoms with Crippen molar-refractivity contribution in [2.75, 3.05) is 39.9 Å². The van der Waals surface area contributed by atoms with Gasteiger partial charge in [-0.25, -0.2) is 4.79 Å². The van der Waals surface area contributed by atoms with Crippen molar-refractivity contribution in [1.82, 2.24) is 10.2 Å². The molecule has 1 rings (SSSR count). The standard InChI is InChI=1S/C14H25N3O5/c1-21-12(18)10-16-13(19)11-4-7-17(8-5-11)14(20)22-9-3-2-6-15/h11H,2-10,15H2,1H3,(H,16,19). The number of esters is 1. The average molecular weight is 315 g/mol. The second-order valence-corrected chi connectivity index (χ2v) is 5.17. The van der Waals surface area contributed by atoms with E-state index in [4.69, 9.17) is 10.5 Å². The fraction of sp³-hybridized carbons (Fsp3) is 0.786. The van der Waals surface area contributed by atoms with Gasteiger partial charge in [0.1, 0.15) is 6.54 Å². The number of hydrogen-bond donors (Lipinski definition) is 2. The lowest BCUT2D eigenvalue weighted by Gasteiger charge is -2.30. The van der Waals surface area contributed by atoms with Gasteiger partial charge in [-0.15, -0.1) is 0 Å². The Labute approximate surface area is 130 Å². The molecular weight excluding hydrogens is 290 g/mol. The lowest BCUT2D eigenvalue weighted by Crippen LogP contribution is -2.44. The molecule has 1 aliphatic rings. The molecule has 0 atom stereocenters. The molecule has 0 radical (unpaired) electrons. The number of rotatable bonds is 7. The number of nitrogens with zero attached hydrogens (tertiary/aromatic N) is 1. The third-order valence-corrected chi connectivity index (χ3v) is 3.58. The second-order valence-electron chi connectivity index (χ2n) is 5.17. The minimum absolute atomic E-state index is 0.126. The topological polar surface area (TPSA) is 111 Å². The summed E-state index contributed by atoms with van der Waals surface area (Å²) in [7, 11) is 1.27. The van der Waals surface area contributed by atoms with Crippen LogP contribution in [-0.2, 0) is 19.1 Å². The molecular formula is C14H25N3O5. The Morgan fingerprint density at radius 2 is 1.91 bits per heavy atom. The molecule has 0 aromatic carbocycles. The molecule has 126 valence electrons. The van der Waals surface area contributed by atoms with Gasteiger partial charge in [0.05, 0.1) is 13.7 Å². The number of nitrogens with two attached hydrogens (primary N) is 1. The van der Waals surface area contributed by atoms with E-state index < -0.39 is 5.97 Å². The molecule has 1 fully saturated rings. The summed E-state index contributed by atoms with van der Waals surface area (Å²) in [5.74, 6) is -0.848. The summed E-state index contributed by atoms with van der Waals surface area (Å²) in [6, 6.07) is 0. The number of carbonyl (C=O) groups is 3. The Hall–Kier alpha value is -1.83. The van der Waals surface area contributed by atoms with Crippen LogP contribution in [0.2, 0.25) is 0 Å². The van der Waals surface area contributed by atoms with Crippen molar-refractivity contribution in [2.24, 2.45) is 11.7 Å². The van der Waals surface area contributed by atoms with Gasteiger partial charge in [-0.05, 0) is 32.2 Å². The second kappa shape index (κ2) is 9.99. The molecule has 1 saturated heterocycles. The molecule has 1 aliphatic heterocycles. The summed E-state index contributed by atoms with van der Waals surface area (Å²) in [5, 5.41) is 2.54. The number of nitrogens with one attached hydrogen (secondary N) is 1. The number of hydrogen-bond acceptors (Lipinski definition) is 6. The highest BCUT2D eigenvalue weighted by Crippen LogP contribution is 2.18. The molecule has 3 N–H and O–H groups in total. The summed E-state index contributed by atoms with van der Waals surface area (Å²) in [6.07, 6.45) is 2.37. The van der Waals surface area contributed by atoms with E-state index in [0.29, 0.717) is 39.1 Å². The Morgan fingerprint density at radius 3 is 2.50 bits per heavy atom. The summed E-state index contributed by atoms with van der Waals surface area (Å²) in [5.41, 5.74) is 5.37. The van der Waals surface area contributed by atoms with Crippen LogP contribution in [0.1, 0.15) is 25.7 Å². The number of piperidine rings is 1. The first kappa shape index (κ1) is 18.2. The van der Waals surface area contributed by atoms with E-state index in [1.54, 1.807) is 4.90 Å². The first-order chi connectivity index (χ1) is 10.6. The summed E-state index contributed by atoms with van der Waals surface area (Å²) >= 11 is 0. The first-order valence-electron chi connectivity index (χ1n) is 7.54. The monoisotopic (exact) mass is 315 g/mol. The minimum Gasteiger partial charge on any atom is -0.468 e. The van der Waals surface area contributed by atoms with Crippen LogP contribution in [0.5, 0.6) is 0 Å². The van der Waals surface area contributed by atoms with E-state index >= 15 is 0 Å². The number of likely N-dealkylation sites (tertiary alicyclic amines) is 1. The van der Waals surface area contributed by atoms with Crippen LogP contribution in [0, 0.1) is 5.92 Å². The quantitative estimate of drug-likeness (QED) is 0.500. The van der Waals surface area contributed by atoms with Crippen LogP contribution < -0.4 is 11.1 Å². The van der Waals surface area contributed by atoms with Crippen LogP contribution in [0.4, 0.5) is 4.79 Å². The average Bonchev–Trinajstić information content (AvgIpc) is 2.56. The van der Waals surface area contributed by atoms with Gasteiger partial charge >= 0.3 is 12.1 Å². The number of methoxy groups -OCH3 is 1. The summed E-state index contributed by atoms with van der Waals surface area (Å²) < 4.78 is 9.60. The highest BCUT2D eigenvalue weighted by atomic mass is 16.6. The maximum Gasteiger partial charge on any atom is 0.409 e. The van der Waals surface area contributed by atoms with Gasteiger partial charge in [0.2, 0.25) is 5.91 Å². The Kier molecular flexibility index (Phi) is 8.27. The first-order valence-corrected chi connectivity index (χ1v) is 7.54. The number of ether oxygens (including phenoxy) is 2. The fourth-order valence-corrected chi connectivity index (χ4v) is 2.20. The molecule has 0 bridgehead atoms. The molecule has 0 spiro atoms. The molecule has 1 heterocycles. The Balaban J connectivity index is 2.23. The molecule has 2 amide bonds. The third kappa shape index (κ3) is 6.30. The lowest BCUT2D eigenvalue weighted by molar-refractivity contribution is -0.141. The van der Waals surface area contributed by atoms with Gasteiger partial charge < -0.3 is 25.4 Å². The molecule has 0 aliphatic carbocycles. The molecule has 0 unspecified atom stereocenters. The van der Waals surface area contributed by atoms with Gasteiger partial charge in [-0.1, -0.05) is 0 Å². The summed E-state index contributed by atoms with van der Waals surface area (Å²) in [4.78, 5) is 36.3. The van der Waals surface area contributed by atoms with Gasteiger partial charge in [0.25, 0.3) is 0 Å². The lowest BCUT2D eigenvalue weighted by atomic mass is 9.96. The molecule has 8 heteroatoms. The van der Waals surface area contributed by atoms with Crippen molar-refractivity contribution in [2.45, 2.75) is 25.7 Å². The SMILES string of the molecule is COC(=O)CNC(=O)C1CCN(C(=O)OCCCCN)CC1. The van der Waals surface area contributed by atoms with Crippen molar-refractivity contribution in [3.8, 4) is 0 Å². The predicted octanol–water partition coefficient (Wildman–Crippen LogP) is -0.137. The maximum atomic E-state index is 11.9. The van der Waals surface area contributed by atoms with E-state index in [9.17, 15) is 14.4 Å². The zero-order valence-electron chi connectivity index (χ0n) is 13.0. The van der Waals surface area contributed by atoms with Crippen LogP contribution in [-0.4, -0.2) is 62.8 Å². The number of unbranched alkanes of at least 4 members (excludes halogenated alkanes) is 1. The predicted molar refractivity (Wildman–Crippen MR) is 79.0 cm³/mol. The van der Waals surface area contributed by atoms with Gasteiger partial charge in [0, 0.05) is 19.0 Å². The van der Waals surface area contributed by atoms with E-state index in [1.807, 2.05) is 0 Å². The van der Waals surface area contributed by atoms with Crippen molar-refractivity contribution < 1.29 is 23.9 Å². The zero-order chi connectivity index (χ0) is 16.4. The largest absolute Gasteiger partial charge is 0.468 e. The van der Waals surface area contributed by atoms with Gasteiger partial charge in [-0.2, -0.15) is 0 Å². The summed E-state index contributed by atoms with van der Waals surface area (Å²) in [6.45, 7) is 1.79. The van der Waals surface area contributed by atoms with Crippen LogP contribution in [0.15, 0.2) is 0 Å². The van der Waals surface area contributed by atoms with E-state index in [0.717, 1.165) is 12.8 Å². The van der Waals surface area contributed by atoms with Crippen molar-refractivity contribution in [3.63, 3.8) is 0 Å². The van der Waals surface area contributed by atoms with Crippen LogP contribution in [0.25, 0.3) is 0 Å². The third-order valence-electron chi connectivity index (χ3n) is 3.58. The van der Waals surface area contributed by atoms with E-state index in [-0.39, 0.29) is 24.5 Å². The van der Waals surface area contributed by atoms with Crippen molar-refractivity contribution in [3.05, 3.63) is 0 Å². The smallest absolute Gasteiger partial charge is 0.409 e. The van der Waals surface area contributed by atoms with Crippen LogP contribution in [0.3, 0.4) is 0 Å². The zero-order valence-corrected chi connectivity index (χ0v) is 13.0. The normalized spacial score (nSPS) is 15.3. The molecule has 22 heavy (non-hydrogen) atoms. The van der Waals surface area contributed by atoms with Gasteiger partial charge in [-0.3, -0.25) is 9.59 Å². The van der Waals surface area contributed by atoms with E-state index in [2.05, 4.69) is 10.1 Å². The van der Waals surface area contributed by atoms with E-state index in [1.165, 1.54) is 7.11 Å². The van der Waals surface area contributed by atoms with Gasteiger partial charge in [0.15, 0.2) is 0 Å². The van der Waals surface area contributed by atoms with Crippen molar-refractivity contribution in [1.29, 1.82) is 0 Å². The Bertz CT molecular complexity index is 381. The molecule has 0 saturated carbocycles. The minimum atomic E-state index is -0.480. The fourth-order valence-electron chi connectivity index (χ4n) is 2.20. The molecule has 0 aromatic heterocycles. The Morgan fingerprint density at radius 1 is 1.23 bits per heavy atom. The number of amides is 2.